The zero-order chi connectivity index (χ0) is 10.8. The van der Waals surface area contributed by atoms with E-state index in [9.17, 15) is 4.79 Å². The second-order valence-corrected chi connectivity index (χ2v) is 3.99. The van der Waals surface area contributed by atoms with E-state index in [1.807, 2.05) is 24.6 Å². The monoisotopic (exact) mass is 207 g/mol. The fourth-order valence-electron chi connectivity index (χ4n) is 2.26. The van der Waals surface area contributed by atoms with Crippen molar-refractivity contribution in [2.45, 2.75) is 32.6 Å². The van der Waals surface area contributed by atoms with E-state index in [0.29, 0.717) is 12.3 Å². The second kappa shape index (κ2) is 4.09. The highest BCUT2D eigenvalue weighted by Crippen LogP contribution is 2.24. The van der Waals surface area contributed by atoms with E-state index >= 15 is 0 Å². The summed E-state index contributed by atoms with van der Waals surface area (Å²) in [6.07, 6.45) is 4.65. The van der Waals surface area contributed by atoms with Crippen molar-refractivity contribution in [1.29, 1.82) is 0 Å². The molecular weight excluding hydrogens is 190 g/mol. The van der Waals surface area contributed by atoms with E-state index < -0.39 is 0 Å². The van der Waals surface area contributed by atoms with Crippen LogP contribution in [0.15, 0.2) is 6.07 Å². The molecule has 1 heterocycles. The predicted molar refractivity (Wildman–Crippen MR) is 58.0 cm³/mol. The first-order valence-corrected chi connectivity index (χ1v) is 5.58. The Morgan fingerprint density at radius 1 is 1.47 bits per heavy atom. The molecule has 3 nitrogen and oxygen atoms in total. The number of hydrogen-bond donors (Lipinski definition) is 0. The Hall–Kier alpha value is -1.25. The third kappa shape index (κ3) is 1.78. The van der Waals surface area contributed by atoms with Gasteiger partial charge in [0.15, 0.2) is 0 Å². The maximum Gasteiger partial charge on any atom is 0.354 e. The quantitative estimate of drug-likeness (QED) is 0.695. The number of ether oxygens (including phenoxy) is 1. The molecule has 0 bridgehead atoms. The highest BCUT2D eigenvalue weighted by atomic mass is 16.5. The molecule has 0 spiro atoms. The van der Waals surface area contributed by atoms with E-state index in [2.05, 4.69) is 0 Å². The molecule has 0 atom stereocenters. The van der Waals surface area contributed by atoms with Crippen LogP contribution in [0.4, 0.5) is 0 Å². The minimum absolute atomic E-state index is 0.200. The van der Waals surface area contributed by atoms with Crippen LogP contribution in [-0.4, -0.2) is 17.1 Å². The SMILES string of the molecule is CCOC(=O)c1cc2c(n1C)CCCC2. The van der Waals surface area contributed by atoms with E-state index in [-0.39, 0.29) is 5.97 Å². The standard InChI is InChI=1S/C12H17NO2/c1-3-15-12(14)11-8-9-6-4-5-7-10(9)13(11)2/h8H,3-7H2,1-2H3. The minimum Gasteiger partial charge on any atom is -0.461 e. The Bertz CT molecular complexity index is 379. The third-order valence-corrected chi connectivity index (χ3v) is 3.04. The number of esters is 1. The molecular formula is C12H17NO2. The molecule has 3 heteroatoms. The summed E-state index contributed by atoms with van der Waals surface area (Å²) in [5, 5.41) is 0. The van der Waals surface area contributed by atoms with Gasteiger partial charge in [0.2, 0.25) is 0 Å². The molecule has 0 fully saturated rings. The van der Waals surface area contributed by atoms with Crippen molar-refractivity contribution < 1.29 is 9.53 Å². The summed E-state index contributed by atoms with van der Waals surface area (Å²) >= 11 is 0. The summed E-state index contributed by atoms with van der Waals surface area (Å²) in [4.78, 5) is 11.6. The van der Waals surface area contributed by atoms with Crippen LogP contribution in [-0.2, 0) is 24.6 Å². The zero-order valence-electron chi connectivity index (χ0n) is 9.38. The molecule has 1 aliphatic carbocycles. The molecule has 0 unspecified atom stereocenters. The van der Waals surface area contributed by atoms with Crippen LogP contribution < -0.4 is 0 Å². The molecule has 15 heavy (non-hydrogen) atoms. The smallest absolute Gasteiger partial charge is 0.354 e. The lowest BCUT2D eigenvalue weighted by molar-refractivity contribution is 0.0515. The summed E-state index contributed by atoms with van der Waals surface area (Å²) in [6.45, 7) is 2.27. The summed E-state index contributed by atoms with van der Waals surface area (Å²) in [6, 6.07) is 1.99. The van der Waals surface area contributed by atoms with Crippen LogP contribution in [0.1, 0.15) is 41.5 Å². The molecule has 1 aromatic rings. The first kappa shape index (κ1) is 10.3. The number of carbonyl (C=O) groups is 1. The van der Waals surface area contributed by atoms with Crippen molar-refractivity contribution in [3.63, 3.8) is 0 Å². The first-order valence-electron chi connectivity index (χ1n) is 5.58. The summed E-state index contributed by atoms with van der Waals surface area (Å²) in [5.41, 5.74) is 3.33. The third-order valence-electron chi connectivity index (χ3n) is 3.04. The number of aromatic nitrogens is 1. The number of carbonyl (C=O) groups excluding carboxylic acids is 1. The number of hydrogen-bond acceptors (Lipinski definition) is 2. The van der Waals surface area contributed by atoms with Crippen molar-refractivity contribution >= 4 is 5.97 Å². The van der Waals surface area contributed by atoms with Gasteiger partial charge in [0.25, 0.3) is 0 Å². The molecule has 0 N–H and O–H groups in total. The van der Waals surface area contributed by atoms with Crippen molar-refractivity contribution in [3.05, 3.63) is 23.0 Å². The van der Waals surface area contributed by atoms with Gasteiger partial charge in [-0.1, -0.05) is 0 Å². The van der Waals surface area contributed by atoms with Crippen LogP contribution in [0.3, 0.4) is 0 Å². The number of fused-ring (bicyclic) bond motifs is 1. The Balaban J connectivity index is 2.32. The van der Waals surface area contributed by atoms with Gasteiger partial charge in [-0.2, -0.15) is 0 Å². The normalized spacial score (nSPS) is 14.8. The van der Waals surface area contributed by atoms with Gasteiger partial charge in [0, 0.05) is 12.7 Å². The fourth-order valence-corrected chi connectivity index (χ4v) is 2.26. The molecule has 0 radical (unpaired) electrons. The van der Waals surface area contributed by atoms with Crippen molar-refractivity contribution in [3.8, 4) is 0 Å². The Labute approximate surface area is 90.0 Å². The molecule has 82 valence electrons. The van der Waals surface area contributed by atoms with Crippen LogP contribution >= 0.6 is 0 Å². The zero-order valence-corrected chi connectivity index (χ0v) is 9.38. The number of nitrogens with zero attached hydrogens (tertiary/aromatic N) is 1. The van der Waals surface area contributed by atoms with Gasteiger partial charge in [-0.3, -0.25) is 0 Å². The second-order valence-electron chi connectivity index (χ2n) is 3.99. The number of aryl methyl sites for hydroxylation is 1. The van der Waals surface area contributed by atoms with E-state index in [4.69, 9.17) is 4.74 Å². The molecule has 0 amide bonds. The van der Waals surface area contributed by atoms with Gasteiger partial charge in [0.1, 0.15) is 5.69 Å². The molecule has 0 aliphatic heterocycles. The predicted octanol–water partition coefficient (Wildman–Crippen LogP) is 2.08. The highest BCUT2D eigenvalue weighted by molar-refractivity contribution is 5.88. The molecule has 1 aromatic heterocycles. The van der Waals surface area contributed by atoms with Gasteiger partial charge in [-0.15, -0.1) is 0 Å². The average molecular weight is 207 g/mol. The maximum absolute atomic E-state index is 11.6. The fraction of sp³-hybridized carbons (Fsp3) is 0.583. The Morgan fingerprint density at radius 3 is 2.87 bits per heavy atom. The molecule has 2 rings (SSSR count). The van der Waals surface area contributed by atoms with E-state index in [1.54, 1.807) is 0 Å². The van der Waals surface area contributed by atoms with Gasteiger partial charge >= 0.3 is 5.97 Å². The van der Waals surface area contributed by atoms with Crippen LogP contribution in [0.25, 0.3) is 0 Å². The van der Waals surface area contributed by atoms with Gasteiger partial charge in [-0.25, -0.2) is 4.79 Å². The summed E-state index contributed by atoms with van der Waals surface area (Å²) < 4.78 is 7.02. The van der Waals surface area contributed by atoms with Crippen LogP contribution in [0.5, 0.6) is 0 Å². The molecule has 0 saturated carbocycles. The molecule has 0 aromatic carbocycles. The van der Waals surface area contributed by atoms with E-state index in [0.717, 1.165) is 12.8 Å². The van der Waals surface area contributed by atoms with Gasteiger partial charge < -0.3 is 9.30 Å². The van der Waals surface area contributed by atoms with E-state index in [1.165, 1.54) is 24.1 Å². The molecule has 0 saturated heterocycles. The largest absolute Gasteiger partial charge is 0.461 e. The van der Waals surface area contributed by atoms with Crippen LogP contribution in [0, 0.1) is 0 Å². The summed E-state index contributed by atoms with van der Waals surface area (Å²) in [7, 11) is 1.95. The van der Waals surface area contributed by atoms with Gasteiger partial charge in [-0.05, 0) is 44.2 Å². The number of rotatable bonds is 2. The minimum atomic E-state index is -0.200. The van der Waals surface area contributed by atoms with Crippen molar-refractivity contribution in [1.82, 2.24) is 4.57 Å². The Kier molecular flexibility index (Phi) is 2.80. The van der Waals surface area contributed by atoms with Crippen molar-refractivity contribution in [2.75, 3.05) is 6.61 Å². The van der Waals surface area contributed by atoms with Gasteiger partial charge in [0.05, 0.1) is 6.61 Å². The average Bonchev–Trinajstić information content (AvgIpc) is 2.57. The van der Waals surface area contributed by atoms with Crippen molar-refractivity contribution in [2.24, 2.45) is 7.05 Å². The molecule has 1 aliphatic rings. The Morgan fingerprint density at radius 2 is 2.20 bits per heavy atom. The summed E-state index contributed by atoms with van der Waals surface area (Å²) in [5.74, 6) is -0.200. The van der Waals surface area contributed by atoms with Crippen LogP contribution in [0.2, 0.25) is 0 Å². The lowest BCUT2D eigenvalue weighted by Gasteiger charge is -2.13. The maximum atomic E-state index is 11.6. The first-order chi connectivity index (χ1) is 7.24. The lowest BCUT2D eigenvalue weighted by Crippen LogP contribution is -2.12. The highest BCUT2D eigenvalue weighted by Gasteiger charge is 2.20. The lowest BCUT2D eigenvalue weighted by atomic mass is 9.98. The topological polar surface area (TPSA) is 31.2 Å².